The van der Waals surface area contributed by atoms with Crippen LogP contribution in [0.25, 0.3) is 0 Å². The lowest BCUT2D eigenvalue weighted by molar-refractivity contribution is -0.112. The summed E-state index contributed by atoms with van der Waals surface area (Å²) >= 11 is 0. The number of nitriles is 1. The first-order chi connectivity index (χ1) is 10.5. The van der Waals surface area contributed by atoms with Gasteiger partial charge in [-0.25, -0.2) is 4.79 Å². The van der Waals surface area contributed by atoms with Gasteiger partial charge in [-0.1, -0.05) is 18.2 Å². The predicted octanol–water partition coefficient (Wildman–Crippen LogP) is 3.29. The third kappa shape index (κ3) is 5.26. The zero-order valence-corrected chi connectivity index (χ0v) is 13.4. The number of carbonyl (C=O) groups is 1. The van der Waals surface area contributed by atoms with E-state index in [0.29, 0.717) is 6.61 Å². The van der Waals surface area contributed by atoms with Crippen LogP contribution in [-0.4, -0.2) is 31.3 Å². The third-order valence-electron chi connectivity index (χ3n) is 2.98. The minimum atomic E-state index is -0.834. The van der Waals surface area contributed by atoms with Crippen molar-refractivity contribution in [1.82, 2.24) is 0 Å². The van der Waals surface area contributed by atoms with Gasteiger partial charge in [0.05, 0.1) is 6.07 Å². The number of nitrogens with zero attached hydrogens (tertiary/aromatic N) is 2. The number of anilines is 1. The fraction of sp³-hybridized carbons (Fsp3) is 0.500. The molecule has 3 unspecified atom stereocenters. The lowest BCUT2D eigenvalue weighted by Gasteiger charge is -2.32. The van der Waals surface area contributed by atoms with E-state index in [1.54, 1.807) is 32.6 Å². The Morgan fingerprint density at radius 1 is 1.23 bits per heavy atom. The first-order valence-electron chi connectivity index (χ1n) is 7.21. The molecule has 3 atom stereocenters. The van der Waals surface area contributed by atoms with Gasteiger partial charge in [0.25, 0.3) is 0 Å². The molecule has 0 saturated heterocycles. The molecule has 0 aliphatic rings. The molecule has 0 aromatic heterocycles. The fourth-order valence-corrected chi connectivity index (χ4v) is 2.04. The second kappa shape index (κ2) is 8.90. The van der Waals surface area contributed by atoms with E-state index in [1.165, 1.54) is 0 Å². The molecule has 1 aromatic carbocycles. The van der Waals surface area contributed by atoms with Gasteiger partial charge < -0.3 is 19.1 Å². The maximum atomic E-state index is 11.8. The molecule has 0 bridgehead atoms. The van der Waals surface area contributed by atoms with Crippen LogP contribution in [0, 0.1) is 11.3 Å². The average Bonchev–Trinajstić information content (AvgIpc) is 2.48. The monoisotopic (exact) mass is 306 g/mol. The van der Waals surface area contributed by atoms with E-state index in [4.69, 9.17) is 14.2 Å². The Balaban J connectivity index is 2.75. The first-order valence-corrected chi connectivity index (χ1v) is 7.21. The van der Waals surface area contributed by atoms with Crippen molar-refractivity contribution in [2.45, 2.75) is 46.3 Å². The molecule has 6 nitrogen and oxygen atoms in total. The van der Waals surface area contributed by atoms with Gasteiger partial charge in [-0.15, -0.1) is 0 Å². The number of para-hydroxylation sites is 1. The minimum absolute atomic E-state index is 0.436. The summed E-state index contributed by atoms with van der Waals surface area (Å²) in [6.45, 7) is 7.28. The number of hydrogen-bond donors (Lipinski definition) is 0. The van der Waals surface area contributed by atoms with E-state index in [0.717, 1.165) is 5.69 Å². The Labute approximate surface area is 131 Å². The van der Waals surface area contributed by atoms with Crippen LogP contribution in [0.3, 0.4) is 0 Å². The number of ether oxygens (including phenoxy) is 3. The molecule has 0 N–H and O–H groups in total. The van der Waals surface area contributed by atoms with Crippen LogP contribution in [0.15, 0.2) is 30.3 Å². The lowest BCUT2D eigenvalue weighted by Crippen LogP contribution is -2.42. The number of rotatable bonds is 7. The highest BCUT2D eigenvalue weighted by Gasteiger charge is 2.24. The van der Waals surface area contributed by atoms with Crippen molar-refractivity contribution in [3.05, 3.63) is 30.3 Å². The molecule has 0 saturated carbocycles. The molecule has 1 rings (SSSR count). The Kier molecular flexibility index (Phi) is 7.20. The van der Waals surface area contributed by atoms with E-state index in [2.05, 4.69) is 6.07 Å². The van der Waals surface area contributed by atoms with Crippen molar-refractivity contribution >= 4 is 11.8 Å². The van der Waals surface area contributed by atoms with E-state index in [1.807, 2.05) is 30.3 Å². The van der Waals surface area contributed by atoms with Gasteiger partial charge in [-0.05, 0) is 39.8 Å². The normalized spacial score (nSPS) is 14.3. The van der Waals surface area contributed by atoms with E-state index >= 15 is 0 Å². The zero-order chi connectivity index (χ0) is 16.5. The smallest absolute Gasteiger partial charge is 0.410 e. The van der Waals surface area contributed by atoms with Gasteiger partial charge in [0.15, 0.2) is 6.23 Å². The quantitative estimate of drug-likeness (QED) is 0.568. The van der Waals surface area contributed by atoms with Crippen molar-refractivity contribution in [3.8, 4) is 6.07 Å². The van der Waals surface area contributed by atoms with Gasteiger partial charge >= 0.3 is 6.16 Å². The van der Waals surface area contributed by atoms with Crippen LogP contribution in [0.2, 0.25) is 0 Å². The molecule has 0 spiro atoms. The van der Waals surface area contributed by atoms with Gasteiger partial charge in [-0.3, -0.25) is 0 Å². The number of carbonyl (C=O) groups excluding carboxylic acids is 1. The van der Waals surface area contributed by atoms with Crippen LogP contribution in [0.4, 0.5) is 10.5 Å². The highest BCUT2D eigenvalue weighted by molar-refractivity contribution is 5.61. The Morgan fingerprint density at radius 2 is 1.86 bits per heavy atom. The third-order valence-corrected chi connectivity index (χ3v) is 2.98. The lowest BCUT2D eigenvalue weighted by atomic mass is 10.2. The van der Waals surface area contributed by atoms with E-state index in [-0.39, 0.29) is 0 Å². The molecule has 0 aliphatic heterocycles. The molecule has 120 valence electrons. The second-order valence-electron chi connectivity index (χ2n) is 4.66. The summed E-state index contributed by atoms with van der Waals surface area (Å²) < 4.78 is 15.3. The first kappa shape index (κ1) is 17.8. The van der Waals surface area contributed by atoms with Crippen molar-refractivity contribution < 1.29 is 19.0 Å². The van der Waals surface area contributed by atoms with Gasteiger partial charge in [0.1, 0.15) is 6.04 Å². The van der Waals surface area contributed by atoms with Crippen LogP contribution in [-0.2, 0) is 14.2 Å². The predicted molar refractivity (Wildman–Crippen MR) is 82.1 cm³/mol. The van der Waals surface area contributed by atoms with Crippen molar-refractivity contribution in [3.63, 3.8) is 0 Å². The summed E-state index contributed by atoms with van der Waals surface area (Å²) in [6.07, 6.45) is -2.17. The largest absolute Gasteiger partial charge is 0.512 e. The summed E-state index contributed by atoms with van der Waals surface area (Å²) in [7, 11) is 0. The molecule has 6 heteroatoms. The topological polar surface area (TPSA) is 71.8 Å². The minimum Gasteiger partial charge on any atom is -0.410 e. The van der Waals surface area contributed by atoms with Crippen molar-refractivity contribution in [2.24, 2.45) is 0 Å². The van der Waals surface area contributed by atoms with Gasteiger partial charge in [0, 0.05) is 12.3 Å². The molecule has 22 heavy (non-hydrogen) atoms. The zero-order valence-electron chi connectivity index (χ0n) is 13.4. The number of benzene rings is 1. The van der Waals surface area contributed by atoms with Gasteiger partial charge in [-0.2, -0.15) is 5.26 Å². The molecule has 1 aromatic rings. The maximum Gasteiger partial charge on any atom is 0.512 e. The summed E-state index contributed by atoms with van der Waals surface area (Å²) in [4.78, 5) is 13.5. The van der Waals surface area contributed by atoms with E-state index < -0.39 is 24.7 Å². The van der Waals surface area contributed by atoms with Crippen molar-refractivity contribution in [2.75, 3.05) is 11.5 Å². The summed E-state index contributed by atoms with van der Waals surface area (Å²) in [5, 5.41) is 9.18. The Bertz CT molecular complexity index is 501. The van der Waals surface area contributed by atoms with E-state index in [9.17, 15) is 10.1 Å². The second-order valence-corrected chi connectivity index (χ2v) is 4.66. The Hall–Kier alpha value is -2.26. The maximum absolute atomic E-state index is 11.8. The van der Waals surface area contributed by atoms with Crippen LogP contribution in [0.5, 0.6) is 0 Å². The molecule has 0 amide bonds. The highest BCUT2D eigenvalue weighted by atomic mass is 16.8. The fourth-order valence-electron chi connectivity index (χ4n) is 2.04. The summed E-state index contributed by atoms with van der Waals surface area (Å²) in [5.41, 5.74) is 0.787. The Morgan fingerprint density at radius 3 is 2.41 bits per heavy atom. The molecule has 0 radical (unpaired) electrons. The SMILES string of the molecule is CCOC(C)OC(=O)OC(C)N(c1ccccc1)C(C)C#N. The van der Waals surface area contributed by atoms with Crippen molar-refractivity contribution in [1.29, 1.82) is 5.26 Å². The molecule has 0 heterocycles. The van der Waals surface area contributed by atoms with Crippen LogP contribution < -0.4 is 4.90 Å². The molecule has 0 fully saturated rings. The molecule has 0 aliphatic carbocycles. The van der Waals surface area contributed by atoms with Crippen LogP contribution in [0.1, 0.15) is 27.7 Å². The average molecular weight is 306 g/mol. The molecular weight excluding hydrogens is 284 g/mol. The molecular formula is C16H22N2O4. The standard InChI is InChI=1S/C16H22N2O4/c1-5-20-14(4)22-16(19)21-13(3)18(12(2)11-17)15-9-7-6-8-10-15/h6-10,12-14H,5H2,1-4H3. The summed E-state index contributed by atoms with van der Waals surface area (Å²) in [5.74, 6) is 0. The van der Waals surface area contributed by atoms with Gasteiger partial charge in [0.2, 0.25) is 6.29 Å². The summed E-state index contributed by atoms with van der Waals surface area (Å²) in [6, 6.07) is 11.0. The van der Waals surface area contributed by atoms with Crippen LogP contribution >= 0.6 is 0 Å². The number of hydrogen-bond acceptors (Lipinski definition) is 6. The highest BCUT2D eigenvalue weighted by Crippen LogP contribution is 2.20.